The van der Waals surface area contributed by atoms with E-state index in [2.05, 4.69) is 21.9 Å². The van der Waals surface area contributed by atoms with Gasteiger partial charge in [0.05, 0.1) is 25.7 Å². The molecule has 2 fully saturated rings. The van der Waals surface area contributed by atoms with Gasteiger partial charge in [-0.2, -0.15) is 0 Å². The van der Waals surface area contributed by atoms with E-state index in [0.29, 0.717) is 12.6 Å². The molecule has 2 N–H and O–H groups in total. The van der Waals surface area contributed by atoms with E-state index in [1.54, 1.807) is 12.5 Å². The molecule has 0 spiro atoms. The van der Waals surface area contributed by atoms with Crippen molar-refractivity contribution < 1.29 is 28.9 Å². The molecule has 1 unspecified atom stereocenters. The van der Waals surface area contributed by atoms with Crippen LogP contribution in [0.3, 0.4) is 0 Å². The van der Waals surface area contributed by atoms with Gasteiger partial charge in [0.25, 0.3) is 6.47 Å². The summed E-state index contributed by atoms with van der Waals surface area (Å²) < 4.78 is 16.7. The molecule has 2 aromatic carbocycles. The second kappa shape index (κ2) is 11.3. The van der Waals surface area contributed by atoms with Gasteiger partial charge in [-0.15, -0.1) is 0 Å². The standard InChI is InChI=1S/C24H28N2O4.CH2O2/c27-21(15-25-13-20(14-25)26-6-9-28-10-7-26)17-30-22-11-18-3-1-2-4-23(18)24(12-22)19-5-8-29-16-19;2-1-3/h1-5,8,11-12,16,20-21,27H,6-7,9-10,13-15,17H2;1H,(H,2,3). The van der Waals surface area contributed by atoms with Gasteiger partial charge in [-0.1, -0.05) is 24.3 Å². The van der Waals surface area contributed by atoms with Crippen LogP contribution in [-0.2, 0) is 9.53 Å². The van der Waals surface area contributed by atoms with Gasteiger partial charge in [-0.25, -0.2) is 0 Å². The second-order valence-electron chi connectivity index (χ2n) is 8.29. The fourth-order valence-electron chi connectivity index (χ4n) is 4.43. The minimum atomic E-state index is -0.514. The molecule has 8 nitrogen and oxygen atoms in total. The highest BCUT2D eigenvalue weighted by Gasteiger charge is 2.33. The molecule has 8 heteroatoms. The molecule has 3 aromatic rings. The van der Waals surface area contributed by atoms with Crippen molar-refractivity contribution >= 4 is 17.2 Å². The van der Waals surface area contributed by atoms with E-state index in [9.17, 15) is 5.11 Å². The van der Waals surface area contributed by atoms with Crippen molar-refractivity contribution in [3.63, 3.8) is 0 Å². The van der Waals surface area contributed by atoms with E-state index < -0.39 is 6.10 Å². The molecule has 176 valence electrons. The normalized spacial score (nSPS) is 18.2. The Labute approximate surface area is 192 Å². The highest BCUT2D eigenvalue weighted by molar-refractivity contribution is 5.97. The summed E-state index contributed by atoms with van der Waals surface area (Å²) in [6.07, 6.45) is 2.91. The molecule has 3 heterocycles. The maximum atomic E-state index is 10.5. The van der Waals surface area contributed by atoms with E-state index in [4.69, 9.17) is 23.8 Å². The Morgan fingerprint density at radius 3 is 2.64 bits per heavy atom. The van der Waals surface area contributed by atoms with E-state index >= 15 is 0 Å². The third-order valence-corrected chi connectivity index (χ3v) is 6.08. The topological polar surface area (TPSA) is 95.6 Å². The average Bonchev–Trinajstić information content (AvgIpc) is 3.35. The number of β-amino-alcohol motifs (C(OH)–C–C–N with tert-alkyl or cyclic N) is 1. The van der Waals surface area contributed by atoms with Gasteiger partial charge in [-0.05, 0) is 34.5 Å². The summed E-state index contributed by atoms with van der Waals surface area (Å²) in [5.74, 6) is 0.763. The summed E-state index contributed by atoms with van der Waals surface area (Å²) in [7, 11) is 0. The third-order valence-electron chi connectivity index (χ3n) is 6.08. The predicted molar refractivity (Wildman–Crippen MR) is 124 cm³/mol. The van der Waals surface area contributed by atoms with Crippen LogP contribution in [0.25, 0.3) is 21.9 Å². The maximum absolute atomic E-state index is 10.5. The quantitative estimate of drug-likeness (QED) is 0.526. The molecular weight excluding hydrogens is 424 g/mol. The van der Waals surface area contributed by atoms with Gasteiger partial charge in [0, 0.05) is 44.3 Å². The number of rotatable bonds is 7. The molecule has 1 aromatic heterocycles. The summed E-state index contributed by atoms with van der Waals surface area (Å²) in [6, 6.07) is 14.8. The van der Waals surface area contributed by atoms with E-state index in [0.717, 1.165) is 67.0 Å². The van der Waals surface area contributed by atoms with Gasteiger partial charge >= 0.3 is 0 Å². The van der Waals surface area contributed by atoms with Crippen LogP contribution in [0.1, 0.15) is 0 Å². The number of morpholine rings is 1. The predicted octanol–water partition coefficient (Wildman–Crippen LogP) is 2.56. The number of aliphatic hydroxyl groups excluding tert-OH is 1. The first-order valence-corrected chi connectivity index (χ1v) is 11.2. The van der Waals surface area contributed by atoms with Crippen LogP contribution < -0.4 is 4.74 Å². The van der Waals surface area contributed by atoms with Crippen LogP contribution in [0.5, 0.6) is 5.75 Å². The molecule has 2 aliphatic rings. The monoisotopic (exact) mass is 454 g/mol. The molecular formula is C25H30N2O6. The number of ether oxygens (including phenoxy) is 2. The number of furan rings is 1. The average molecular weight is 455 g/mol. The molecule has 1 atom stereocenters. The van der Waals surface area contributed by atoms with Crippen molar-refractivity contribution in [3.05, 3.63) is 55.0 Å². The number of carboxylic acid groups (broad SMARTS) is 1. The Kier molecular flexibility index (Phi) is 7.96. The lowest BCUT2D eigenvalue weighted by Crippen LogP contribution is -2.62. The molecule has 33 heavy (non-hydrogen) atoms. The van der Waals surface area contributed by atoms with Gasteiger partial charge in [0.1, 0.15) is 18.5 Å². The number of hydrogen-bond donors (Lipinski definition) is 2. The van der Waals surface area contributed by atoms with Crippen LogP contribution in [-0.4, -0.2) is 91.2 Å². The first-order chi connectivity index (χ1) is 16.2. The summed E-state index contributed by atoms with van der Waals surface area (Å²) in [5.41, 5.74) is 2.09. The van der Waals surface area contributed by atoms with Crippen molar-refractivity contribution in [1.82, 2.24) is 9.80 Å². The summed E-state index contributed by atoms with van der Waals surface area (Å²) in [5, 5.41) is 19.6. The van der Waals surface area contributed by atoms with Crippen molar-refractivity contribution in [2.45, 2.75) is 12.1 Å². The van der Waals surface area contributed by atoms with Crippen molar-refractivity contribution in [2.75, 3.05) is 52.5 Å². The fourth-order valence-corrected chi connectivity index (χ4v) is 4.43. The summed E-state index contributed by atoms with van der Waals surface area (Å²) in [4.78, 5) is 13.2. The van der Waals surface area contributed by atoms with Crippen molar-refractivity contribution in [2.24, 2.45) is 0 Å². The Morgan fingerprint density at radius 1 is 1.15 bits per heavy atom. The Morgan fingerprint density at radius 2 is 1.91 bits per heavy atom. The van der Waals surface area contributed by atoms with Crippen LogP contribution in [0.4, 0.5) is 0 Å². The molecule has 0 radical (unpaired) electrons. The molecule has 2 aliphatic heterocycles. The van der Waals surface area contributed by atoms with Gasteiger partial charge in [-0.3, -0.25) is 14.6 Å². The van der Waals surface area contributed by atoms with Crippen molar-refractivity contribution in [1.29, 1.82) is 0 Å². The molecule has 0 amide bonds. The minimum Gasteiger partial charge on any atom is -0.491 e. The van der Waals surface area contributed by atoms with Gasteiger partial charge < -0.3 is 24.1 Å². The van der Waals surface area contributed by atoms with Gasteiger partial charge in [0.2, 0.25) is 0 Å². The number of likely N-dealkylation sites (tertiary alicyclic amines) is 1. The molecule has 0 bridgehead atoms. The van der Waals surface area contributed by atoms with E-state index in [1.807, 2.05) is 30.3 Å². The van der Waals surface area contributed by atoms with Crippen LogP contribution >= 0.6 is 0 Å². The lowest BCUT2D eigenvalue weighted by atomic mass is 10.00. The van der Waals surface area contributed by atoms with Crippen molar-refractivity contribution in [3.8, 4) is 16.9 Å². The molecule has 0 aliphatic carbocycles. The SMILES string of the molecule is O=CO.OC(COc1cc(-c2ccoc2)c2ccccc2c1)CN1CC(N2CCOCC2)C1. The lowest BCUT2D eigenvalue weighted by molar-refractivity contribution is -0.122. The first-order valence-electron chi connectivity index (χ1n) is 11.2. The number of benzene rings is 2. The zero-order valence-corrected chi connectivity index (χ0v) is 18.5. The van der Waals surface area contributed by atoms with Crippen LogP contribution in [0.15, 0.2) is 59.4 Å². The lowest BCUT2D eigenvalue weighted by Gasteiger charge is -2.47. The Hall–Kier alpha value is -2.91. The highest BCUT2D eigenvalue weighted by Crippen LogP contribution is 2.33. The number of nitrogens with zero attached hydrogens (tertiary/aromatic N) is 2. The zero-order valence-electron chi connectivity index (χ0n) is 18.5. The van der Waals surface area contributed by atoms with E-state index in [1.165, 1.54) is 0 Å². The molecule has 2 saturated heterocycles. The number of fused-ring (bicyclic) bond motifs is 1. The van der Waals surface area contributed by atoms with Crippen LogP contribution in [0, 0.1) is 0 Å². The number of aliphatic hydroxyl groups is 1. The first kappa shape index (κ1) is 23.3. The highest BCUT2D eigenvalue weighted by atomic mass is 16.5. The maximum Gasteiger partial charge on any atom is 0.290 e. The smallest absolute Gasteiger partial charge is 0.290 e. The van der Waals surface area contributed by atoms with Gasteiger partial charge in [0.15, 0.2) is 0 Å². The molecule has 0 saturated carbocycles. The Balaban J connectivity index is 0.000000821. The van der Waals surface area contributed by atoms with Crippen LogP contribution in [0.2, 0.25) is 0 Å². The molecule has 5 rings (SSSR count). The fraction of sp³-hybridized carbons (Fsp3) is 0.400. The van der Waals surface area contributed by atoms with E-state index in [-0.39, 0.29) is 13.1 Å². The number of carbonyl (C=O) groups is 1. The zero-order chi connectivity index (χ0) is 23.0. The summed E-state index contributed by atoms with van der Waals surface area (Å²) in [6.45, 7) is 6.40. The second-order valence-corrected chi connectivity index (χ2v) is 8.29. The summed E-state index contributed by atoms with van der Waals surface area (Å²) >= 11 is 0. The third kappa shape index (κ3) is 5.91. The Bertz CT molecular complexity index is 1010. The largest absolute Gasteiger partial charge is 0.491 e. The minimum absolute atomic E-state index is 0.250. The number of hydrogen-bond acceptors (Lipinski definition) is 7.